The number of carbonyl (C=O) groups excluding carboxylic acids is 1. The van der Waals surface area contributed by atoms with Crippen molar-refractivity contribution >= 4 is 40.5 Å². The van der Waals surface area contributed by atoms with Gasteiger partial charge in [-0.2, -0.15) is 0 Å². The number of hydrogen-bond donors (Lipinski definition) is 0. The van der Waals surface area contributed by atoms with Gasteiger partial charge < -0.3 is 9.47 Å². The van der Waals surface area contributed by atoms with Crippen molar-refractivity contribution < 1.29 is 14.3 Å². The van der Waals surface area contributed by atoms with Gasteiger partial charge in [0.05, 0.1) is 16.5 Å². The van der Waals surface area contributed by atoms with Crippen molar-refractivity contribution in [2.45, 2.75) is 27.4 Å². The molecule has 3 rings (SSSR count). The molecule has 0 bridgehead atoms. The van der Waals surface area contributed by atoms with E-state index in [-0.39, 0.29) is 5.91 Å². The van der Waals surface area contributed by atoms with Gasteiger partial charge in [0.2, 0.25) is 0 Å². The molecule has 1 heterocycles. The third-order valence-corrected chi connectivity index (χ3v) is 5.68. The summed E-state index contributed by atoms with van der Waals surface area (Å²) in [7, 11) is 0. The predicted molar refractivity (Wildman–Crippen MR) is 124 cm³/mol. The fourth-order valence-corrected chi connectivity index (χ4v) is 4.37. The molecule has 0 unspecified atom stereocenters. The van der Waals surface area contributed by atoms with Crippen molar-refractivity contribution in [2.24, 2.45) is 4.99 Å². The summed E-state index contributed by atoms with van der Waals surface area (Å²) < 4.78 is 11.7. The summed E-state index contributed by atoms with van der Waals surface area (Å²) in [6.07, 6.45) is 1.82. The zero-order valence-corrected chi connectivity index (χ0v) is 18.9. The van der Waals surface area contributed by atoms with Crippen LogP contribution < -0.4 is 9.47 Å². The fraction of sp³-hybridized carbons (Fsp3) is 0.304. The first kappa shape index (κ1) is 22.2. The quantitative estimate of drug-likeness (QED) is 0.495. The highest BCUT2D eigenvalue weighted by atomic mass is 35.5. The van der Waals surface area contributed by atoms with Crippen molar-refractivity contribution in [2.75, 3.05) is 19.7 Å². The van der Waals surface area contributed by atoms with Crippen LogP contribution in [0.15, 0.2) is 52.4 Å². The molecule has 1 saturated heterocycles. The molecule has 1 fully saturated rings. The topological polar surface area (TPSA) is 51.1 Å². The van der Waals surface area contributed by atoms with Gasteiger partial charge in [-0.15, -0.1) is 0 Å². The number of likely N-dealkylation sites (N-methyl/N-ethyl adjacent to an activating group) is 1. The highest BCUT2D eigenvalue weighted by Crippen LogP contribution is 2.39. The Bertz CT molecular complexity index is 960. The van der Waals surface area contributed by atoms with Gasteiger partial charge >= 0.3 is 0 Å². The lowest BCUT2D eigenvalue weighted by Crippen LogP contribution is -2.28. The largest absolute Gasteiger partial charge is 0.490 e. The lowest BCUT2D eigenvalue weighted by Gasteiger charge is -2.15. The van der Waals surface area contributed by atoms with Crippen LogP contribution in [0.2, 0.25) is 5.02 Å². The number of benzene rings is 2. The maximum absolute atomic E-state index is 12.7. The van der Waals surface area contributed by atoms with E-state index in [0.717, 1.165) is 16.3 Å². The highest BCUT2D eigenvalue weighted by Gasteiger charge is 2.31. The van der Waals surface area contributed by atoms with E-state index in [4.69, 9.17) is 21.1 Å². The van der Waals surface area contributed by atoms with Crippen molar-refractivity contribution in [3.8, 4) is 11.5 Å². The van der Waals surface area contributed by atoms with E-state index in [2.05, 4.69) is 4.99 Å². The molecule has 0 aliphatic carbocycles. The highest BCUT2D eigenvalue weighted by molar-refractivity contribution is 8.18. The number of thioether (sulfide) groups is 1. The molecule has 1 aliphatic heterocycles. The molecule has 158 valence electrons. The molecule has 0 N–H and O–H groups in total. The minimum absolute atomic E-state index is 0.0480. The summed E-state index contributed by atoms with van der Waals surface area (Å²) in [5.41, 5.74) is 1.82. The van der Waals surface area contributed by atoms with Crippen LogP contribution in [0.1, 0.15) is 31.9 Å². The molecular formula is C23H25ClN2O3S. The molecule has 1 aliphatic rings. The number of carbonyl (C=O) groups is 1. The third-order valence-electron chi connectivity index (χ3n) is 4.35. The number of nitrogens with zero attached hydrogens (tertiary/aromatic N) is 2. The lowest BCUT2D eigenvalue weighted by atomic mass is 10.1. The van der Waals surface area contributed by atoms with E-state index in [1.807, 2.05) is 63.2 Å². The first-order valence-electron chi connectivity index (χ1n) is 9.96. The monoisotopic (exact) mass is 444 g/mol. The molecule has 0 spiro atoms. The van der Waals surface area contributed by atoms with E-state index in [1.165, 1.54) is 11.8 Å². The zero-order chi connectivity index (χ0) is 21.5. The molecule has 5 nitrogen and oxygen atoms in total. The summed E-state index contributed by atoms with van der Waals surface area (Å²) in [6, 6.07) is 13.5. The van der Waals surface area contributed by atoms with Gasteiger partial charge in [0.15, 0.2) is 16.7 Å². The number of ether oxygens (including phenoxy) is 2. The Balaban J connectivity index is 1.88. The molecule has 1 amide bonds. The van der Waals surface area contributed by atoms with Gasteiger partial charge in [0.25, 0.3) is 5.91 Å². The second-order valence-corrected chi connectivity index (χ2v) is 7.87. The van der Waals surface area contributed by atoms with Gasteiger partial charge in [0.1, 0.15) is 6.61 Å². The molecule has 0 aromatic heterocycles. The van der Waals surface area contributed by atoms with Gasteiger partial charge in [0, 0.05) is 13.1 Å². The minimum Gasteiger partial charge on any atom is -0.490 e. The first-order chi connectivity index (χ1) is 14.6. The Morgan fingerprint density at radius 2 is 1.90 bits per heavy atom. The standard InChI is InChI=1S/C23H25ClN2O3S/c1-4-25-23-26(5-2)22(27)20(30-23)14-17-12-18(24)21(19(13-17)28-6-3)29-15-16-10-8-7-9-11-16/h7-14H,4-6,15H2,1-3H3/b20-14+,25-23?. The molecule has 0 saturated carbocycles. The van der Waals surface area contributed by atoms with E-state index < -0.39 is 0 Å². The Morgan fingerprint density at radius 1 is 1.13 bits per heavy atom. The maximum Gasteiger partial charge on any atom is 0.266 e. The summed E-state index contributed by atoms with van der Waals surface area (Å²) in [5.74, 6) is 1.00. The Labute approximate surface area is 186 Å². The van der Waals surface area contributed by atoms with Gasteiger partial charge in [-0.3, -0.25) is 14.7 Å². The second kappa shape index (κ2) is 10.5. The Kier molecular flexibility index (Phi) is 7.82. The average molecular weight is 445 g/mol. The van der Waals surface area contributed by atoms with E-state index in [0.29, 0.717) is 47.7 Å². The van der Waals surface area contributed by atoms with Crippen molar-refractivity contribution in [1.29, 1.82) is 0 Å². The van der Waals surface area contributed by atoms with Crippen molar-refractivity contribution in [3.05, 3.63) is 63.5 Å². The predicted octanol–water partition coefficient (Wildman–Crippen LogP) is 5.63. The van der Waals surface area contributed by atoms with Crippen molar-refractivity contribution in [1.82, 2.24) is 4.90 Å². The average Bonchev–Trinajstić information content (AvgIpc) is 3.03. The third kappa shape index (κ3) is 5.18. The Morgan fingerprint density at radius 3 is 2.57 bits per heavy atom. The molecule has 30 heavy (non-hydrogen) atoms. The molecule has 0 atom stereocenters. The van der Waals surface area contributed by atoms with Crippen LogP contribution in [0.25, 0.3) is 6.08 Å². The van der Waals surface area contributed by atoms with Crippen LogP contribution in [0.5, 0.6) is 11.5 Å². The number of halogens is 1. The summed E-state index contributed by atoms with van der Waals surface area (Å²) >= 11 is 7.91. The number of amides is 1. The summed E-state index contributed by atoms with van der Waals surface area (Å²) in [4.78, 5) is 19.4. The molecule has 7 heteroatoms. The molecule has 0 radical (unpaired) electrons. The number of amidine groups is 1. The maximum atomic E-state index is 12.7. The first-order valence-corrected chi connectivity index (χ1v) is 11.2. The number of hydrogen-bond acceptors (Lipinski definition) is 5. The van der Waals surface area contributed by atoms with E-state index in [9.17, 15) is 4.79 Å². The second-order valence-electron chi connectivity index (χ2n) is 6.45. The molecular weight excluding hydrogens is 420 g/mol. The minimum atomic E-state index is -0.0480. The van der Waals surface area contributed by atoms with Crippen LogP contribution in [-0.2, 0) is 11.4 Å². The van der Waals surface area contributed by atoms with E-state index in [1.54, 1.807) is 11.0 Å². The zero-order valence-electron chi connectivity index (χ0n) is 17.4. The van der Waals surface area contributed by atoms with Gasteiger partial charge in [-0.1, -0.05) is 41.9 Å². The van der Waals surface area contributed by atoms with Crippen molar-refractivity contribution in [3.63, 3.8) is 0 Å². The van der Waals surface area contributed by atoms with Crippen LogP contribution in [-0.4, -0.2) is 35.7 Å². The van der Waals surface area contributed by atoms with E-state index >= 15 is 0 Å². The number of rotatable bonds is 8. The van der Waals surface area contributed by atoms with Crippen LogP contribution in [0.4, 0.5) is 0 Å². The molecule has 2 aromatic rings. The fourth-order valence-electron chi connectivity index (χ4n) is 3.00. The lowest BCUT2D eigenvalue weighted by molar-refractivity contribution is -0.122. The van der Waals surface area contributed by atoms with Gasteiger partial charge in [-0.25, -0.2) is 0 Å². The summed E-state index contributed by atoms with van der Waals surface area (Å²) in [5, 5.41) is 1.17. The molecule has 2 aromatic carbocycles. The number of aliphatic imine (C=N–C) groups is 1. The van der Waals surface area contributed by atoms with Gasteiger partial charge in [-0.05, 0) is 61.9 Å². The SMILES string of the molecule is CCN=C1S/C(=C/c2cc(Cl)c(OCc3ccccc3)c(OCC)c2)C(=O)N1CC. The van der Waals surface area contributed by atoms with Crippen LogP contribution in [0, 0.1) is 0 Å². The summed E-state index contributed by atoms with van der Waals surface area (Å²) in [6.45, 7) is 7.88. The van der Waals surface area contributed by atoms with Crippen LogP contribution in [0.3, 0.4) is 0 Å². The van der Waals surface area contributed by atoms with Crippen LogP contribution >= 0.6 is 23.4 Å². The Hall–Kier alpha value is -2.44. The smallest absolute Gasteiger partial charge is 0.266 e. The normalized spacial score (nSPS) is 16.5.